The molecule has 0 spiro atoms. The van der Waals surface area contributed by atoms with E-state index in [0.717, 1.165) is 13.0 Å². The van der Waals surface area contributed by atoms with Gasteiger partial charge >= 0.3 is 0 Å². The minimum Gasteiger partial charge on any atom is -0.505 e. The summed E-state index contributed by atoms with van der Waals surface area (Å²) < 4.78 is 9.05. The third-order valence-electron chi connectivity index (χ3n) is 0.606. The molecule has 2 heteroatoms. The van der Waals surface area contributed by atoms with Gasteiger partial charge in [-0.15, -0.1) is 0 Å². The Labute approximate surface area is 63.1 Å². The Morgan fingerprint density at radius 1 is 1.30 bits per heavy atom. The van der Waals surface area contributed by atoms with Crippen LogP contribution in [0.1, 0.15) is 13.3 Å². The largest absolute Gasteiger partial charge is 0.505 e. The molecular formula is C8H16O2. The molecule has 0 rings (SSSR count). The maximum Gasteiger partial charge on any atom is 0.0870 e. The van der Waals surface area contributed by atoms with E-state index in [1.807, 2.05) is 0 Å². The molecule has 0 atom stereocenters. The van der Waals surface area contributed by atoms with Crippen LogP contribution in [-0.2, 0) is 9.47 Å². The van der Waals surface area contributed by atoms with Gasteiger partial charge in [0.05, 0.1) is 26.2 Å². The second-order valence-corrected chi connectivity index (χ2v) is 1.44. The fraction of sp³-hybridized carbons (Fsp3) is 0.500. The number of ether oxygens (including phenoxy) is 2. The molecule has 0 heterocycles. The van der Waals surface area contributed by atoms with Crippen LogP contribution in [0.25, 0.3) is 0 Å². The molecule has 0 fully saturated rings. The van der Waals surface area contributed by atoms with E-state index in [-0.39, 0.29) is 0 Å². The topological polar surface area (TPSA) is 18.5 Å². The van der Waals surface area contributed by atoms with Gasteiger partial charge in [-0.05, 0) is 6.42 Å². The van der Waals surface area contributed by atoms with Crippen molar-refractivity contribution in [3.05, 3.63) is 25.7 Å². The van der Waals surface area contributed by atoms with Gasteiger partial charge < -0.3 is 9.47 Å². The molecule has 0 aromatic carbocycles. The van der Waals surface area contributed by atoms with Gasteiger partial charge in [-0.3, -0.25) is 0 Å². The lowest BCUT2D eigenvalue weighted by Gasteiger charge is -1.90. The molecule has 0 N–H and O–H groups in total. The predicted molar refractivity (Wildman–Crippen MR) is 43.6 cm³/mol. The van der Waals surface area contributed by atoms with Gasteiger partial charge in [0.2, 0.25) is 0 Å². The van der Waals surface area contributed by atoms with Crippen molar-refractivity contribution in [2.45, 2.75) is 13.3 Å². The second-order valence-electron chi connectivity index (χ2n) is 1.44. The zero-order valence-corrected chi connectivity index (χ0v) is 6.80. The first-order valence-corrected chi connectivity index (χ1v) is 3.19. The van der Waals surface area contributed by atoms with E-state index in [0.29, 0.717) is 0 Å². The Hall–Kier alpha value is -0.920. The van der Waals surface area contributed by atoms with E-state index in [1.165, 1.54) is 12.5 Å². The van der Waals surface area contributed by atoms with E-state index in [2.05, 4.69) is 24.8 Å². The molecule has 0 aliphatic rings. The van der Waals surface area contributed by atoms with E-state index in [9.17, 15) is 0 Å². The van der Waals surface area contributed by atoms with Crippen molar-refractivity contribution >= 4 is 0 Å². The standard InChI is InChI=1S/C5H10O.C3H6O/c1-3-5-6-4-2;1-3-4-2/h4H,2-3,5H2,1H3;3H,1H2,2H3. The Bertz CT molecular complexity index is 69.7. The monoisotopic (exact) mass is 144 g/mol. The quantitative estimate of drug-likeness (QED) is 0.445. The smallest absolute Gasteiger partial charge is 0.0870 e. The minimum atomic E-state index is 0.795. The molecule has 2 nitrogen and oxygen atoms in total. The van der Waals surface area contributed by atoms with Crippen molar-refractivity contribution in [3.63, 3.8) is 0 Å². The molecule has 0 aromatic rings. The van der Waals surface area contributed by atoms with Gasteiger partial charge in [-0.2, -0.15) is 0 Å². The first kappa shape index (κ1) is 11.8. The average Bonchev–Trinajstić information content (AvgIpc) is 2.01. The van der Waals surface area contributed by atoms with Crippen molar-refractivity contribution in [1.29, 1.82) is 0 Å². The highest BCUT2D eigenvalue weighted by atomic mass is 16.5. The zero-order valence-electron chi connectivity index (χ0n) is 6.80. The van der Waals surface area contributed by atoms with E-state index >= 15 is 0 Å². The number of hydrogen-bond acceptors (Lipinski definition) is 2. The van der Waals surface area contributed by atoms with Gasteiger partial charge in [0.15, 0.2) is 0 Å². The van der Waals surface area contributed by atoms with Crippen LogP contribution in [0.2, 0.25) is 0 Å². The lowest BCUT2D eigenvalue weighted by atomic mass is 10.5. The highest BCUT2D eigenvalue weighted by Gasteiger charge is 1.68. The molecule has 0 aliphatic heterocycles. The van der Waals surface area contributed by atoms with Crippen LogP contribution in [0, 0.1) is 0 Å². The van der Waals surface area contributed by atoms with Crippen molar-refractivity contribution in [2.75, 3.05) is 13.7 Å². The van der Waals surface area contributed by atoms with E-state index < -0.39 is 0 Å². The Kier molecular flexibility index (Phi) is 18.6. The van der Waals surface area contributed by atoms with E-state index in [4.69, 9.17) is 4.74 Å². The molecule has 0 saturated carbocycles. The lowest BCUT2D eigenvalue weighted by molar-refractivity contribution is 0.251. The zero-order chi connectivity index (χ0) is 8.24. The van der Waals surface area contributed by atoms with Crippen LogP contribution < -0.4 is 0 Å². The van der Waals surface area contributed by atoms with Crippen molar-refractivity contribution in [2.24, 2.45) is 0 Å². The SMILES string of the molecule is C=COC.C=COCCC. The van der Waals surface area contributed by atoms with Crippen LogP contribution in [0.5, 0.6) is 0 Å². The van der Waals surface area contributed by atoms with Gasteiger partial charge in [-0.1, -0.05) is 20.1 Å². The first-order chi connectivity index (χ1) is 4.83. The summed E-state index contributed by atoms with van der Waals surface area (Å²) in [4.78, 5) is 0. The first-order valence-electron chi connectivity index (χ1n) is 3.19. The average molecular weight is 144 g/mol. The third-order valence-corrected chi connectivity index (χ3v) is 0.606. The van der Waals surface area contributed by atoms with Crippen LogP contribution in [0.15, 0.2) is 25.7 Å². The van der Waals surface area contributed by atoms with Gasteiger partial charge in [-0.25, -0.2) is 0 Å². The van der Waals surface area contributed by atoms with Crippen LogP contribution in [0.3, 0.4) is 0 Å². The summed E-state index contributed by atoms with van der Waals surface area (Å²) in [7, 11) is 1.56. The molecular weight excluding hydrogens is 128 g/mol. The summed E-state index contributed by atoms with van der Waals surface area (Å²) in [5.74, 6) is 0. The van der Waals surface area contributed by atoms with Crippen molar-refractivity contribution < 1.29 is 9.47 Å². The van der Waals surface area contributed by atoms with Crippen molar-refractivity contribution in [1.82, 2.24) is 0 Å². The van der Waals surface area contributed by atoms with Crippen LogP contribution in [-0.4, -0.2) is 13.7 Å². The maximum atomic E-state index is 4.75. The van der Waals surface area contributed by atoms with Crippen LogP contribution >= 0.6 is 0 Å². The summed E-state index contributed by atoms with van der Waals surface area (Å²) in [6.07, 6.45) is 3.90. The number of hydrogen-bond donors (Lipinski definition) is 0. The highest BCUT2D eigenvalue weighted by molar-refractivity contribution is 4.46. The Morgan fingerprint density at radius 3 is 1.90 bits per heavy atom. The molecule has 0 radical (unpaired) electrons. The predicted octanol–water partition coefficient (Wildman–Crippen LogP) is 2.33. The summed E-state index contributed by atoms with van der Waals surface area (Å²) in [6.45, 7) is 9.49. The molecule has 0 saturated heterocycles. The lowest BCUT2D eigenvalue weighted by Crippen LogP contribution is -1.79. The highest BCUT2D eigenvalue weighted by Crippen LogP contribution is 1.76. The third kappa shape index (κ3) is 27.6. The van der Waals surface area contributed by atoms with Crippen LogP contribution in [0.4, 0.5) is 0 Å². The molecule has 0 aromatic heterocycles. The fourth-order valence-corrected chi connectivity index (χ4v) is 0.201. The van der Waals surface area contributed by atoms with Gasteiger partial charge in [0, 0.05) is 0 Å². The van der Waals surface area contributed by atoms with Crippen molar-refractivity contribution in [3.8, 4) is 0 Å². The molecule has 0 aliphatic carbocycles. The maximum absolute atomic E-state index is 4.75. The molecule has 10 heavy (non-hydrogen) atoms. The summed E-state index contributed by atoms with van der Waals surface area (Å²) >= 11 is 0. The number of methoxy groups -OCH3 is 1. The molecule has 0 bridgehead atoms. The molecule has 60 valence electrons. The molecule has 0 amide bonds. The van der Waals surface area contributed by atoms with Gasteiger partial charge in [0.1, 0.15) is 0 Å². The normalized spacial score (nSPS) is 6.60. The molecule has 0 unspecified atom stereocenters. The Morgan fingerprint density at radius 2 is 1.80 bits per heavy atom. The summed E-state index contributed by atoms with van der Waals surface area (Å²) in [6, 6.07) is 0. The van der Waals surface area contributed by atoms with E-state index in [1.54, 1.807) is 7.11 Å². The summed E-state index contributed by atoms with van der Waals surface area (Å²) in [5, 5.41) is 0. The summed E-state index contributed by atoms with van der Waals surface area (Å²) in [5.41, 5.74) is 0. The second kappa shape index (κ2) is 15.7. The minimum absolute atomic E-state index is 0.795. The Balaban J connectivity index is 0. The van der Waals surface area contributed by atoms with Gasteiger partial charge in [0.25, 0.3) is 0 Å². The number of rotatable bonds is 4. The fourth-order valence-electron chi connectivity index (χ4n) is 0.201.